The smallest absolute Gasteiger partial charge is 0.337 e. The molecular formula is C17H28BrN3O2. The maximum absolute atomic E-state index is 10.7. The molecule has 0 amide bonds. The predicted octanol–water partition coefficient (Wildman–Crippen LogP) is 2.87. The molecule has 2 N–H and O–H groups in total. The summed E-state index contributed by atoms with van der Waals surface area (Å²) >= 11 is 3.02. The minimum atomic E-state index is -0.496. The van der Waals surface area contributed by atoms with Crippen molar-refractivity contribution in [3.63, 3.8) is 0 Å². The van der Waals surface area contributed by atoms with E-state index in [4.69, 9.17) is 5.41 Å². The molecule has 1 aliphatic heterocycles. The quantitative estimate of drug-likeness (QED) is 0.330. The molecule has 1 aliphatic carbocycles. The maximum atomic E-state index is 10.7. The zero-order valence-corrected chi connectivity index (χ0v) is 15.7. The number of methoxy groups -OCH3 is 1. The fraction of sp³-hybridized carbons (Fsp3) is 0.647. The first-order valence-corrected chi connectivity index (χ1v) is 8.85. The number of hydrogen-bond acceptors (Lipinski definition) is 5. The Morgan fingerprint density at radius 1 is 1.30 bits per heavy atom. The fourth-order valence-corrected chi connectivity index (χ4v) is 3.08. The van der Waals surface area contributed by atoms with E-state index >= 15 is 0 Å². The molecule has 0 unspecified atom stereocenters. The van der Waals surface area contributed by atoms with Crippen LogP contribution >= 0.6 is 15.9 Å². The number of likely N-dealkylation sites (N-methyl/N-ethyl adjacent to an activating group) is 1. The second-order valence-corrected chi connectivity index (χ2v) is 7.03. The molecule has 1 saturated heterocycles. The lowest BCUT2D eigenvalue weighted by atomic mass is 9.94. The summed E-state index contributed by atoms with van der Waals surface area (Å²) in [5.41, 5.74) is 0.211. The number of halogens is 1. The first-order chi connectivity index (χ1) is 11.0. The van der Waals surface area contributed by atoms with Crippen molar-refractivity contribution in [1.82, 2.24) is 10.2 Å². The Kier molecular flexibility index (Phi) is 9.36. The zero-order chi connectivity index (χ0) is 17.2. The van der Waals surface area contributed by atoms with Gasteiger partial charge in [0.25, 0.3) is 0 Å². The molecule has 6 heteroatoms. The Hall–Kier alpha value is -0.980. The maximum Gasteiger partial charge on any atom is 0.337 e. The summed E-state index contributed by atoms with van der Waals surface area (Å²) in [6.07, 6.45) is 9.66. The largest absolute Gasteiger partial charge is 0.465 e. The SMILES string of the molecule is C=C(/C=C(/Br)C=N)C(=O)OC.CN1CC(NC2CCCCC2)C1. The molecule has 130 valence electrons. The minimum absolute atomic E-state index is 0.211. The van der Waals surface area contributed by atoms with Crippen LogP contribution in [0.4, 0.5) is 0 Å². The average Bonchev–Trinajstić information content (AvgIpc) is 2.54. The number of hydrogen-bond donors (Lipinski definition) is 2. The Morgan fingerprint density at radius 3 is 2.39 bits per heavy atom. The molecule has 5 nitrogen and oxygen atoms in total. The highest BCUT2D eigenvalue weighted by molar-refractivity contribution is 9.12. The lowest BCUT2D eigenvalue weighted by Gasteiger charge is -2.40. The Bertz CT molecular complexity index is 439. The normalized spacial score (nSPS) is 20.0. The van der Waals surface area contributed by atoms with Crippen molar-refractivity contribution >= 4 is 28.1 Å². The number of nitrogens with zero attached hydrogens (tertiary/aromatic N) is 1. The molecule has 0 spiro atoms. The third-order valence-electron chi connectivity index (χ3n) is 4.04. The Labute approximate surface area is 147 Å². The van der Waals surface area contributed by atoms with Crippen molar-refractivity contribution in [3.8, 4) is 0 Å². The Morgan fingerprint density at radius 2 is 1.91 bits per heavy atom. The van der Waals surface area contributed by atoms with Gasteiger partial charge in [-0.25, -0.2) is 4.79 Å². The van der Waals surface area contributed by atoms with Crippen LogP contribution in [0.5, 0.6) is 0 Å². The summed E-state index contributed by atoms with van der Waals surface area (Å²) in [4.78, 5) is 13.1. The molecule has 2 aliphatic rings. The summed E-state index contributed by atoms with van der Waals surface area (Å²) in [6, 6.07) is 1.65. The van der Waals surface area contributed by atoms with Crippen LogP contribution in [-0.4, -0.2) is 56.4 Å². The second-order valence-electron chi connectivity index (χ2n) is 6.11. The molecule has 0 atom stereocenters. The molecule has 2 rings (SSSR count). The number of allylic oxidation sites excluding steroid dienone is 1. The van der Waals surface area contributed by atoms with Gasteiger partial charge in [-0.2, -0.15) is 0 Å². The van der Waals surface area contributed by atoms with E-state index in [0.717, 1.165) is 18.3 Å². The third-order valence-corrected chi connectivity index (χ3v) is 4.50. The molecule has 0 aromatic heterocycles. The van der Waals surface area contributed by atoms with Crippen LogP contribution in [0.3, 0.4) is 0 Å². The highest BCUT2D eigenvalue weighted by Crippen LogP contribution is 2.19. The lowest BCUT2D eigenvalue weighted by molar-refractivity contribution is -0.135. The predicted molar refractivity (Wildman–Crippen MR) is 98.2 cm³/mol. The number of carbonyl (C=O) groups is 1. The van der Waals surface area contributed by atoms with Gasteiger partial charge in [0.05, 0.1) is 12.7 Å². The molecule has 1 saturated carbocycles. The van der Waals surface area contributed by atoms with Crippen molar-refractivity contribution in [2.75, 3.05) is 27.2 Å². The first kappa shape index (κ1) is 20.1. The van der Waals surface area contributed by atoms with E-state index in [2.05, 4.69) is 44.5 Å². The fourth-order valence-electron chi connectivity index (χ4n) is 2.81. The summed E-state index contributed by atoms with van der Waals surface area (Å²) in [6.45, 7) is 5.95. The van der Waals surface area contributed by atoms with Crippen molar-refractivity contribution in [3.05, 3.63) is 22.7 Å². The number of ether oxygens (including phenoxy) is 1. The summed E-state index contributed by atoms with van der Waals surface area (Å²) in [5, 5.41) is 10.5. The van der Waals surface area contributed by atoms with Crippen molar-refractivity contribution in [1.29, 1.82) is 5.41 Å². The van der Waals surface area contributed by atoms with E-state index in [1.807, 2.05) is 0 Å². The molecule has 1 heterocycles. The molecular weight excluding hydrogens is 358 g/mol. The lowest BCUT2D eigenvalue weighted by Crippen LogP contribution is -2.58. The number of carbonyl (C=O) groups excluding carboxylic acids is 1. The molecule has 2 fully saturated rings. The number of likely N-dealkylation sites (tertiary alicyclic amines) is 1. The van der Waals surface area contributed by atoms with E-state index in [-0.39, 0.29) is 5.57 Å². The highest BCUT2D eigenvalue weighted by Gasteiger charge is 2.25. The molecule has 0 aromatic rings. The number of esters is 1. The Balaban J connectivity index is 0.000000232. The number of rotatable bonds is 5. The van der Waals surface area contributed by atoms with Gasteiger partial charge in [-0.05, 0) is 41.9 Å². The average molecular weight is 386 g/mol. The van der Waals surface area contributed by atoms with Crippen LogP contribution in [0.25, 0.3) is 0 Å². The molecule has 0 bridgehead atoms. The van der Waals surface area contributed by atoms with E-state index in [9.17, 15) is 4.79 Å². The summed E-state index contributed by atoms with van der Waals surface area (Å²) in [5.74, 6) is -0.496. The van der Waals surface area contributed by atoms with Crippen LogP contribution in [0.2, 0.25) is 0 Å². The van der Waals surface area contributed by atoms with Crippen molar-refractivity contribution < 1.29 is 9.53 Å². The summed E-state index contributed by atoms with van der Waals surface area (Å²) in [7, 11) is 3.47. The standard InChI is InChI=1S/C10H20N2.C7H8BrNO2/c1-12-7-10(8-12)11-9-5-3-2-4-6-9;1-5(7(10)11-2)3-6(8)4-9/h9-11H,2-8H2,1H3;3-4,9H,1H2,2H3/b;6-3+,9-4?. The van der Waals surface area contributed by atoms with Crippen LogP contribution in [0, 0.1) is 5.41 Å². The second kappa shape index (κ2) is 10.7. The van der Waals surface area contributed by atoms with Gasteiger partial charge in [-0.15, -0.1) is 0 Å². The third kappa shape index (κ3) is 7.90. The highest BCUT2D eigenvalue weighted by atomic mass is 79.9. The molecule has 0 radical (unpaired) electrons. The van der Waals surface area contributed by atoms with Crippen LogP contribution in [0.15, 0.2) is 22.7 Å². The molecule has 23 heavy (non-hydrogen) atoms. The van der Waals surface area contributed by atoms with Gasteiger partial charge in [0.15, 0.2) is 0 Å². The van der Waals surface area contributed by atoms with Gasteiger partial charge >= 0.3 is 5.97 Å². The topological polar surface area (TPSA) is 65.4 Å². The van der Waals surface area contributed by atoms with E-state index in [1.165, 1.54) is 58.4 Å². The van der Waals surface area contributed by atoms with E-state index in [1.54, 1.807) is 0 Å². The minimum Gasteiger partial charge on any atom is -0.465 e. The van der Waals surface area contributed by atoms with Crippen LogP contribution in [0.1, 0.15) is 32.1 Å². The van der Waals surface area contributed by atoms with Gasteiger partial charge < -0.3 is 20.4 Å². The van der Waals surface area contributed by atoms with E-state index < -0.39 is 5.97 Å². The number of nitrogens with one attached hydrogen (secondary N) is 2. The zero-order valence-electron chi connectivity index (χ0n) is 14.1. The van der Waals surface area contributed by atoms with Gasteiger partial charge in [0.2, 0.25) is 0 Å². The van der Waals surface area contributed by atoms with Gasteiger partial charge in [0.1, 0.15) is 0 Å². The first-order valence-electron chi connectivity index (χ1n) is 8.05. The van der Waals surface area contributed by atoms with Crippen molar-refractivity contribution in [2.45, 2.75) is 44.2 Å². The van der Waals surface area contributed by atoms with Gasteiger partial charge in [0, 0.05) is 35.9 Å². The van der Waals surface area contributed by atoms with Crippen LogP contribution in [-0.2, 0) is 9.53 Å². The summed E-state index contributed by atoms with van der Waals surface area (Å²) < 4.78 is 4.86. The van der Waals surface area contributed by atoms with Crippen LogP contribution < -0.4 is 5.32 Å². The van der Waals surface area contributed by atoms with Gasteiger partial charge in [-0.3, -0.25) is 0 Å². The molecule has 0 aromatic carbocycles. The van der Waals surface area contributed by atoms with E-state index in [0.29, 0.717) is 4.48 Å². The monoisotopic (exact) mass is 385 g/mol. The van der Waals surface area contributed by atoms with Gasteiger partial charge in [-0.1, -0.05) is 25.8 Å². The van der Waals surface area contributed by atoms with Crippen molar-refractivity contribution in [2.24, 2.45) is 0 Å².